The van der Waals surface area contributed by atoms with Crippen LogP contribution in [0.2, 0.25) is 5.02 Å². The van der Waals surface area contributed by atoms with Crippen molar-refractivity contribution in [2.45, 2.75) is 11.8 Å². The van der Waals surface area contributed by atoms with Crippen LogP contribution in [0.1, 0.15) is 16.7 Å². The van der Waals surface area contributed by atoms with Gasteiger partial charge in [0.1, 0.15) is 4.90 Å². The SMILES string of the molecule is COc1ccc(/C(C#N)=C/c2cc(Cl)c(OS(=O)(=O)c3ccc(C)cc3)c(OC)c2)cc1OC. The Hall–Kier alpha value is -3.67. The van der Waals surface area contributed by atoms with E-state index in [1.165, 1.54) is 45.6 Å². The van der Waals surface area contributed by atoms with Gasteiger partial charge in [0.2, 0.25) is 5.75 Å². The van der Waals surface area contributed by atoms with Crippen molar-refractivity contribution in [1.82, 2.24) is 0 Å². The van der Waals surface area contributed by atoms with Gasteiger partial charge in [-0.25, -0.2) is 0 Å². The van der Waals surface area contributed by atoms with Crippen LogP contribution in [0.5, 0.6) is 23.0 Å². The third-order valence-corrected chi connectivity index (χ3v) is 6.40. The number of allylic oxidation sites excluding steroid dienone is 1. The molecule has 9 heteroatoms. The van der Waals surface area contributed by atoms with Crippen LogP contribution in [-0.2, 0) is 10.1 Å². The largest absolute Gasteiger partial charge is 0.493 e. The summed E-state index contributed by atoms with van der Waals surface area (Å²) in [5, 5.41) is 9.73. The molecule has 0 aliphatic heterocycles. The number of rotatable bonds is 8. The standard InChI is InChI=1S/C25H22ClNO6S/c1-16-5-8-20(9-6-16)34(28,29)33-25-21(26)12-17(13-24(25)32-4)11-19(15-27)18-7-10-22(30-2)23(14-18)31-3/h5-14H,1-4H3/b19-11+. The highest BCUT2D eigenvalue weighted by molar-refractivity contribution is 7.87. The van der Waals surface area contributed by atoms with Crippen LogP contribution in [0, 0.1) is 18.3 Å². The molecule has 3 aromatic rings. The molecule has 0 radical (unpaired) electrons. The fraction of sp³-hybridized carbons (Fsp3) is 0.160. The summed E-state index contributed by atoms with van der Waals surface area (Å²) in [7, 11) is 0.253. The second-order valence-electron chi connectivity index (χ2n) is 7.12. The molecule has 0 heterocycles. The van der Waals surface area contributed by atoms with E-state index in [-0.39, 0.29) is 21.4 Å². The fourth-order valence-electron chi connectivity index (χ4n) is 3.12. The molecule has 0 N–H and O–H groups in total. The molecule has 3 aromatic carbocycles. The van der Waals surface area contributed by atoms with E-state index in [4.69, 9.17) is 30.0 Å². The molecule has 0 aromatic heterocycles. The van der Waals surface area contributed by atoms with Crippen LogP contribution in [0.4, 0.5) is 0 Å². The highest BCUT2D eigenvalue weighted by Gasteiger charge is 2.22. The normalized spacial score (nSPS) is 11.5. The second kappa shape index (κ2) is 10.5. The predicted octanol–water partition coefficient (Wildman–Crippen LogP) is 5.51. The molecule has 0 aliphatic carbocycles. The summed E-state index contributed by atoms with van der Waals surface area (Å²) in [4.78, 5) is -0.0135. The molecule has 0 spiro atoms. The quantitative estimate of drug-likeness (QED) is 0.229. The van der Waals surface area contributed by atoms with Crippen LogP contribution in [-0.4, -0.2) is 29.7 Å². The molecule has 0 saturated heterocycles. The lowest BCUT2D eigenvalue weighted by atomic mass is 10.0. The highest BCUT2D eigenvalue weighted by Crippen LogP contribution is 2.39. The summed E-state index contributed by atoms with van der Waals surface area (Å²) < 4.78 is 46.6. The molecule has 0 saturated carbocycles. The molecule has 34 heavy (non-hydrogen) atoms. The molecule has 0 bridgehead atoms. The smallest absolute Gasteiger partial charge is 0.339 e. The zero-order valence-electron chi connectivity index (χ0n) is 19.0. The van der Waals surface area contributed by atoms with E-state index in [9.17, 15) is 13.7 Å². The van der Waals surface area contributed by atoms with E-state index in [1.54, 1.807) is 36.4 Å². The molecule has 0 fully saturated rings. The first-order valence-electron chi connectivity index (χ1n) is 9.95. The van der Waals surface area contributed by atoms with Crippen molar-refractivity contribution in [1.29, 1.82) is 5.26 Å². The summed E-state index contributed by atoms with van der Waals surface area (Å²) >= 11 is 6.37. The molecular weight excluding hydrogens is 478 g/mol. The van der Waals surface area contributed by atoms with Gasteiger partial charge in [-0.2, -0.15) is 13.7 Å². The van der Waals surface area contributed by atoms with Crippen molar-refractivity contribution in [3.63, 3.8) is 0 Å². The molecular formula is C25H22ClNO6S. The lowest BCUT2D eigenvalue weighted by molar-refractivity contribution is 0.355. The Kier molecular flexibility index (Phi) is 7.72. The van der Waals surface area contributed by atoms with Crippen LogP contribution in [0.15, 0.2) is 59.5 Å². The van der Waals surface area contributed by atoms with Gasteiger partial charge < -0.3 is 18.4 Å². The lowest BCUT2D eigenvalue weighted by Crippen LogP contribution is -2.11. The minimum absolute atomic E-state index is 0.00545. The van der Waals surface area contributed by atoms with E-state index in [2.05, 4.69) is 6.07 Å². The maximum atomic E-state index is 12.7. The zero-order valence-corrected chi connectivity index (χ0v) is 20.5. The van der Waals surface area contributed by atoms with E-state index in [1.807, 2.05) is 6.92 Å². The van der Waals surface area contributed by atoms with Gasteiger partial charge in [0.25, 0.3) is 0 Å². The van der Waals surface area contributed by atoms with E-state index >= 15 is 0 Å². The predicted molar refractivity (Wildman–Crippen MR) is 130 cm³/mol. The molecule has 0 atom stereocenters. The molecule has 3 rings (SSSR count). The molecule has 0 amide bonds. The van der Waals surface area contributed by atoms with Gasteiger partial charge in [-0.15, -0.1) is 0 Å². The van der Waals surface area contributed by atoms with Crippen molar-refractivity contribution >= 4 is 33.4 Å². The summed E-state index contributed by atoms with van der Waals surface area (Å²) in [6.45, 7) is 1.85. The number of hydrogen-bond donors (Lipinski definition) is 0. The van der Waals surface area contributed by atoms with Gasteiger partial charge in [0.05, 0.1) is 38.0 Å². The maximum absolute atomic E-state index is 12.7. The zero-order chi connectivity index (χ0) is 24.9. The van der Waals surface area contributed by atoms with Crippen LogP contribution >= 0.6 is 11.6 Å². The first kappa shape index (κ1) is 25.0. The van der Waals surface area contributed by atoms with Gasteiger partial charge in [0.15, 0.2) is 17.2 Å². The van der Waals surface area contributed by atoms with Crippen LogP contribution in [0.3, 0.4) is 0 Å². The Morgan fingerprint density at radius 1 is 0.912 bits per heavy atom. The number of methoxy groups -OCH3 is 3. The number of hydrogen-bond acceptors (Lipinski definition) is 7. The molecule has 0 aliphatic rings. The number of nitriles is 1. The fourth-order valence-corrected chi connectivity index (χ4v) is 4.38. The Bertz CT molecular complexity index is 1380. The Labute approximate surface area is 203 Å². The third kappa shape index (κ3) is 5.45. The van der Waals surface area contributed by atoms with Crippen molar-refractivity contribution in [3.05, 3.63) is 76.3 Å². The van der Waals surface area contributed by atoms with Gasteiger partial charge in [-0.3, -0.25) is 0 Å². The number of halogens is 1. The molecule has 7 nitrogen and oxygen atoms in total. The Balaban J connectivity index is 2.00. The number of benzene rings is 3. The first-order chi connectivity index (χ1) is 16.2. The Morgan fingerprint density at radius 3 is 2.15 bits per heavy atom. The first-order valence-corrected chi connectivity index (χ1v) is 11.7. The Morgan fingerprint density at radius 2 is 1.56 bits per heavy atom. The average molecular weight is 500 g/mol. The van der Waals surface area contributed by atoms with Gasteiger partial charge >= 0.3 is 10.1 Å². The second-order valence-corrected chi connectivity index (χ2v) is 9.08. The van der Waals surface area contributed by atoms with Gasteiger partial charge in [-0.05, 0) is 66.6 Å². The molecule has 176 valence electrons. The lowest BCUT2D eigenvalue weighted by Gasteiger charge is -2.14. The third-order valence-electron chi connectivity index (χ3n) is 4.88. The summed E-state index contributed by atoms with van der Waals surface area (Å²) in [5.74, 6) is 0.955. The van der Waals surface area contributed by atoms with E-state index in [0.717, 1.165) is 5.56 Å². The van der Waals surface area contributed by atoms with E-state index in [0.29, 0.717) is 28.2 Å². The van der Waals surface area contributed by atoms with Crippen LogP contribution < -0.4 is 18.4 Å². The monoisotopic (exact) mass is 499 g/mol. The summed E-state index contributed by atoms with van der Waals surface area (Å²) in [5.41, 5.74) is 2.33. The number of nitrogens with zero attached hydrogens (tertiary/aromatic N) is 1. The maximum Gasteiger partial charge on any atom is 0.339 e. The van der Waals surface area contributed by atoms with E-state index < -0.39 is 10.1 Å². The number of ether oxygens (including phenoxy) is 3. The van der Waals surface area contributed by atoms with Gasteiger partial charge in [-0.1, -0.05) is 29.3 Å². The van der Waals surface area contributed by atoms with Crippen molar-refractivity contribution < 1.29 is 26.8 Å². The van der Waals surface area contributed by atoms with Crippen molar-refractivity contribution in [2.75, 3.05) is 21.3 Å². The summed E-state index contributed by atoms with van der Waals surface area (Å²) in [6, 6.07) is 16.5. The summed E-state index contributed by atoms with van der Waals surface area (Å²) in [6.07, 6.45) is 1.59. The van der Waals surface area contributed by atoms with Crippen LogP contribution in [0.25, 0.3) is 11.6 Å². The molecule has 0 unspecified atom stereocenters. The van der Waals surface area contributed by atoms with Gasteiger partial charge in [0, 0.05) is 0 Å². The average Bonchev–Trinajstić information content (AvgIpc) is 2.83. The topological polar surface area (TPSA) is 94.9 Å². The van der Waals surface area contributed by atoms with Crippen molar-refractivity contribution in [2.24, 2.45) is 0 Å². The highest BCUT2D eigenvalue weighted by atomic mass is 35.5. The van der Waals surface area contributed by atoms with Crippen molar-refractivity contribution in [3.8, 4) is 29.1 Å². The minimum Gasteiger partial charge on any atom is -0.493 e. The number of aryl methyl sites for hydroxylation is 1. The minimum atomic E-state index is -4.14.